The Balaban J connectivity index is 2.13. The lowest BCUT2D eigenvalue weighted by Gasteiger charge is -2.37. The van der Waals surface area contributed by atoms with Gasteiger partial charge in [-0.3, -0.25) is 4.90 Å². The first kappa shape index (κ1) is 12.0. The van der Waals surface area contributed by atoms with Gasteiger partial charge in [0.2, 0.25) is 0 Å². The molecule has 0 spiro atoms. The van der Waals surface area contributed by atoms with Crippen LogP contribution in [0.25, 0.3) is 0 Å². The van der Waals surface area contributed by atoms with Gasteiger partial charge in [0.25, 0.3) is 0 Å². The number of thiophene rings is 1. The van der Waals surface area contributed by atoms with Crippen molar-refractivity contribution >= 4 is 11.3 Å². The summed E-state index contributed by atoms with van der Waals surface area (Å²) in [7, 11) is 0. The number of aliphatic hydroxyl groups is 1. The molecule has 90 valence electrons. The molecule has 1 aromatic rings. The molecule has 4 heteroatoms. The maximum absolute atomic E-state index is 9.61. The van der Waals surface area contributed by atoms with Gasteiger partial charge in [-0.15, -0.1) is 11.3 Å². The minimum atomic E-state index is 0.185. The number of piperazine rings is 1. The van der Waals surface area contributed by atoms with Gasteiger partial charge in [0.15, 0.2) is 0 Å². The minimum absolute atomic E-state index is 0.185. The number of hydrogen-bond donors (Lipinski definition) is 2. The average Bonchev–Trinajstić information content (AvgIpc) is 2.67. The Morgan fingerprint density at radius 1 is 1.69 bits per heavy atom. The Labute approximate surface area is 101 Å². The summed E-state index contributed by atoms with van der Waals surface area (Å²) in [6.45, 7) is 7.59. The van der Waals surface area contributed by atoms with E-state index in [1.54, 1.807) is 11.3 Å². The summed E-state index contributed by atoms with van der Waals surface area (Å²) in [6.07, 6.45) is 0. The van der Waals surface area contributed by atoms with Crippen LogP contribution in [0.5, 0.6) is 0 Å². The largest absolute Gasteiger partial charge is 0.394 e. The van der Waals surface area contributed by atoms with Crippen LogP contribution in [0.15, 0.2) is 11.4 Å². The minimum Gasteiger partial charge on any atom is -0.394 e. The summed E-state index contributed by atoms with van der Waals surface area (Å²) >= 11 is 1.76. The molecule has 1 aromatic heterocycles. The predicted molar refractivity (Wildman–Crippen MR) is 67.9 cm³/mol. The third-order valence-electron chi connectivity index (χ3n) is 3.22. The van der Waals surface area contributed by atoms with Crippen LogP contribution < -0.4 is 5.32 Å². The highest BCUT2D eigenvalue weighted by molar-refractivity contribution is 7.10. The third kappa shape index (κ3) is 2.46. The van der Waals surface area contributed by atoms with Crippen LogP contribution >= 0.6 is 11.3 Å². The summed E-state index contributed by atoms with van der Waals surface area (Å²) < 4.78 is 0. The van der Waals surface area contributed by atoms with Crippen molar-refractivity contribution in [3.8, 4) is 0 Å². The number of rotatable bonds is 3. The zero-order valence-corrected chi connectivity index (χ0v) is 10.8. The van der Waals surface area contributed by atoms with Gasteiger partial charge in [0, 0.05) is 30.6 Å². The first-order chi connectivity index (χ1) is 7.72. The standard InChI is InChI=1S/C12H20N2OS/c1-9-3-6-16-12(9)11(8-15)14-5-4-13-10(2)7-14/h3,6,10-11,13,15H,4-5,7-8H2,1-2H3. The first-order valence-corrected chi connectivity index (χ1v) is 6.72. The van der Waals surface area contributed by atoms with Crippen LogP contribution in [0.3, 0.4) is 0 Å². The van der Waals surface area contributed by atoms with Crippen LogP contribution in [0.4, 0.5) is 0 Å². The van der Waals surface area contributed by atoms with Crippen molar-refractivity contribution in [2.24, 2.45) is 0 Å². The lowest BCUT2D eigenvalue weighted by Crippen LogP contribution is -2.50. The van der Waals surface area contributed by atoms with Crippen LogP contribution in [0.1, 0.15) is 23.4 Å². The SMILES string of the molecule is Cc1ccsc1C(CO)N1CCNC(C)C1. The van der Waals surface area contributed by atoms with E-state index in [4.69, 9.17) is 0 Å². The van der Waals surface area contributed by atoms with Crippen LogP contribution in [-0.2, 0) is 0 Å². The highest BCUT2D eigenvalue weighted by Crippen LogP contribution is 2.28. The molecule has 1 fully saturated rings. The molecule has 2 atom stereocenters. The molecule has 2 unspecified atom stereocenters. The third-order valence-corrected chi connectivity index (χ3v) is 4.34. The van der Waals surface area contributed by atoms with Crippen molar-refractivity contribution in [1.29, 1.82) is 0 Å². The highest BCUT2D eigenvalue weighted by atomic mass is 32.1. The number of nitrogens with zero attached hydrogens (tertiary/aromatic N) is 1. The van der Waals surface area contributed by atoms with Crippen LogP contribution in [-0.4, -0.2) is 42.3 Å². The number of nitrogens with one attached hydrogen (secondary N) is 1. The van der Waals surface area contributed by atoms with E-state index in [9.17, 15) is 5.11 Å². The summed E-state index contributed by atoms with van der Waals surface area (Å²) in [5, 5.41) is 15.1. The van der Waals surface area contributed by atoms with E-state index in [1.807, 2.05) is 0 Å². The Morgan fingerprint density at radius 2 is 2.50 bits per heavy atom. The number of aryl methyl sites for hydroxylation is 1. The molecule has 2 N–H and O–H groups in total. The second-order valence-electron chi connectivity index (χ2n) is 4.52. The Kier molecular flexibility index (Phi) is 3.97. The van der Waals surface area contributed by atoms with E-state index in [1.165, 1.54) is 10.4 Å². The summed E-state index contributed by atoms with van der Waals surface area (Å²) in [5.74, 6) is 0. The second kappa shape index (κ2) is 5.27. The fourth-order valence-electron chi connectivity index (χ4n) is 2.34. The topological polar surface area (TPSA) is 35.5 Å². The molecule has 2 heterocycles. The van der Waals surface area contributed by atoms with Gasteiger partial charge in [0.05, 0.1) is 12.6 Å². The molecule has 0 aliphatic carbocycles. The fourth-order valence-corrected chi connectivity index (χ4v) is 3.39. The normalized spacial score (nSPS) is 24.6. The Morgan fingerprint density at radius 3 is 3.06 bits per heavy atom. The van der Waals surface area contributed by atoms with Crippen molar-refractivity contribution in [3.05, 3.63) is 21.9 Å². The zero-order valence-electron chi connectivity index (χ0n) is 9.94. The van der Waals surface area contributed by atoms with E-state index in [2.05, 4.69) is 35.5 Å². The smallest absolute Gasteiger partial charge is 0.0678 e. The van der Waals surface area contributed by atoms with Gasteiger partial charge in [-0.05, 0) is 30.9 Å². The van der Waals surface area contributed by atoms with E-state index >= 15 is 0 Å². The van der Waals surface area contributed by atoms with Crippen molar-refractivity contribution < 1.29 is 5.11 Å². The monoisotopic (exact) mass is 240 g/mol. The quantitative estimate of drug-likeness (QED) is 0.838. The van der Waals surface area contributed by atoms with Gasteiger partial charge in [0.1, 0.15) is 0 Å². The van der Waals surface area contributed by atoms with Gasteiger partial charge >= 0.3 is 0 Å². The molecule has 1 aliphatic heterocycles. The Bertz CT molecular complexity index is 340. The van der Waals surface area contributed by atoms with Crippen molar-refractivity contribution in [2.75, 3.05) is 26.2 Å². The maximum Gasteiger partial charge on any atom is 0.0678 e. The molecule has 1 aliphatic rings. The molecule has 3 nitrogen and oxygen atoms in total. The van der Waals surface area contributed by atoms with Gasteiger partial charge in [-0.2, -0.15) is 0 Å². The van der Waals surface area contributed by atoms with E-state index in [-0.39, 0.29) is 12.6 Å². The molecule has 2 rings (SSSR count). The zero-order chi connectivity index (χ0) is 11.5. The molecule has 0 aromatic carbocycles. The van der Waals surface area contributed by atoms with Crippen LogP contribution in [0, 0.1) is 6.92 Å². The molecular formula is C12H20N2OS. The van der Waals surface area contributed by atoms with Crippen LogP contribution in [0.2, 0.25) is 0 Å². The fraction of sp³-hybridized carbons (Fsp3) is 0.667. The Hall–Kier alpha value is -0.420. The van der Waals surface area contributed by atoms with Gasteiger partial charge < -0.3 is 10.4 Å². The molecule has 0 amide bonds. The number of aliphatic hydroxyl groups excluding tert-OH is 1. The first-order valence-electron chi connectivity index (χ1n) is 5.84. The summed E-state index contributed by atoms with van der Waals surface area (Å²) in [4.78, 5) is 3.71. The molecule has 0 radical (unpaired) electrons. The lowest BCUT2D eigenvalue weighted by atomic mass is 10.1. The second-order valence-corrected chi connectivity index (χ2v) is 5.46. The summed E-state index contributed by atoms with van der Waals surface area (Å²) in [5.41, 5.74) is 1.30. The maximum atomic E-state index is 9.61. The average molecular weight is 240 g/mol. The van der Waals surface area contributed by atoms with Gasteiger partial charge in [-0.25, -0.2) is 0 Å². The van der Waals surface area contributed by atoms with Crippen molar-refractivity contribution in [1.82, 2.24) is 10.2 Å². The lowest BCUT2D eigenvalue weighted by molar-refractivity contribution is 0.0979. The van der Waals surface area contributed by atoms with Crippen molar-refractivity contribution in [2.45, 2.75) is 25.9 Å². The molecule has 1 saturated heterocycles. The van der Waals surface area contributed by atoms with E-state index in [0.29, 0.717) is 6.04 Å². The van der Waals surface area contributed by atoms with E-state index in [0.717, 1.165) is 19.6 Å². The van der Waals surface area contributed by atoms with E-state index < -0.39 is 0 Å². The van der Waals surface area contributed by atoms with Crippen molar-refractivity contribution in [3.63, 3.8) is 0 Å². The number of hydrogen-bond acceptors (Lipinski definition) is 4. The summed E-state index contributed by atoms with van der Waals surface area (Å²) in [6, 6.07) is 2.83. The molecular weight excluding hydrogens is 220 g/mol. The van der Waals surface area contributed by atoms with Gasteiger partial charge in [-0.1, -0.05) is 0 Å². The molecule has 16 heavy (non-hydrogen) atoms. The highest BCUT2D eigenvalue weighted by Gasteiger charge is 2.25. The predicted octanol–water partition coefficient (Wildman–Crippen LogP) is 1.38. The molecule has 0 saturated carbocycles. The molecule has 0 bridgehead atoms.